The maximum atomic E-state index is 13.5. The lowest BCUT2D eigenvalue weighted by molar-refractivity contribution is -0.156. The molecule has 1 atom stereocenters. The van der Waals surface area contributed by atoms with Gasteiger partial charge < -0.3 is 19.1 Å². The predicted molar refractivity (Wildman–Crippen MR) is 134 cm³/mol. The van der Waals surface area contributed by atoms with Crippen molar-refractivity contribution in [3.63, 3.8) is 0 Å². The van der Waals surface area contributed by atoms with Crippen molar-refractivity contribution in [1.82, 2.24) is 9.55 Å². The third kappa shape index (κ3) is 3.36. The Balaban J connectivity index is 1.81. The number of fused-ring (bicyclic) bond motifs is 5. The number of cyclic esters (lactones) is 1. The van der Waals surface area contributed by atoms with Crippen LogP contribution in [0.4, 0.5) is 0 Å². The molecule has 0 radical (unpaired) electrons. The van der Waals surface area contributed by atoms with Gasteiger partial charge in [-0.2, -0.15) is 0 Å². The number of hydrogen-bond donors (Lipinski definition) is 1. The maximum Gasteiger partial charge on any atom is 0.319 e. The molecular formula is C26H28N2O6Si. The van der Waals surface area contributed by atoms with E-state index in [9.17, 15) is 19.5 Å². The van der Waals surface area contributed by atoms with Gasteiger partial charge in [0.25, 0.3) is 5.56 Å². The topological polar surface area (TPSA) is 108 Å². The number of nitrogens with zero attached hydrogens (tertiary/aromatic N) is 2. The largest absolute Gasteiger partial charge is 0.460 e. The molecule has 1 N–H and O–H groups in total. The standard InChI is InChI=1S/C26H28N2O6Si/c1-6-26(13-29)18-10-19-22-15(11-28(19)24(31)17(18)12-33-25(26)32)9-16-20(34-14(2)30)7-8-21(23(16)27-22)35(3,4)5/h7-10,29H,6,11-13H2,1-5H3. The lowest BCUT2D eigenvalue weighted by atomic mass is 9.75. The number of aliphatic hydroxyl groups excluding tert-OH is 1. The van der Waals surface area contributed by atoms with Crippen molar-refractivity contribution in [3.8, 4) is 17.1 Å². The molecule has 0 spiro atoms. The van der Waals surface area contributed by atoms with Crippen molar-refractivity contribution in [3.05, 3.63) is 51.3 Å². The van der Waals surface area contributed by atoms with Crippen LogP contribution in [-0.4, -0.2) is 41.3 Å². The number of hydrogen-bond acceptors (Lipinski definition) is 7. The molecule has 35 heavy (non-hydrogen) atoms. The van der Waals surface area contributed by atoms with Gasteiger partial charge in [-0.1, -0.05) is 32.6 Å². The summed E-state index contributed by atoms with van der Waals surface area (Å²) >= 11 is 0. The number of rotatable bonds is 4. The molecular weight excluding hydrogens is 464 g/mol. The number of aromatic nitrogens is 2. The van der Waals surface area contributed by atoms with Crippen molar-refractivity contribution in [2.45, 2.75) is 58.5 Å². The third-order valence-corrected chi connectivity index (χ3v) is 9.20. The van der Waals surface area contributed by atoms with Crippen LogP contribution in [0.2, 0.25) is 19.6 Å². The van der Waals surface area contributed by atoms with Gasteiger partial charge in [0, 0.05) is 17.9 Å². The minimum absolute atomic E-state index is 0.114. The Morgan fingerprint density at radius 1 is 1.26 bits per heavy atom. The minimum atomic E-state index is -1.83. The molecule has 0 fully saturated rings. The molecule has 182 valence electrons. The number of carbonyl (C=O) groups excluding carboxylic acids is 2. The summed E-state index contributed by atoms with van der Waals surface area (Å²) in [5, 5.41) is 12.1. The Labute approximate surface area is 203 Å². The van der Waals surface area contributed by atoms with Gasteiger partial charge in [0.05, 0.1) is 43.7 Å². The van der Waals surface area contributed by atoms with E-state index < -0.39 is 32.0 Å². The summed E-state index contributed by atoms with van der Waals surface area (Å²) in [5.74, 6) is -0.489. The fourth-order valence-electron chi connectivity index (χ4n) is 5.23. The lowest BCUT2D eigenvalue weighted by Crippen LogP contribution is -2.47. The molecule has 1 unspecified atom stereocenters. The second kappa shape index (κ2) is 7.86. The number of carbonyl (C=O) groups is 2. The first-order valence-corrected chi connectivity index (χ1v) is 15.2. The Morgan fingerprint density at radius 3 is 2.63 bits per heavy atom. The van der Waals surface area contributed by atoms with E-state index in [2.05, 4.69) is 19.6 Å². The molecule has 1 aromatic carbocycles. The molecule has 0 amide bonds. The van der Waals surface area contributed by atoms with E-state index in [-0.39, 0.29) is 12.2 Å². The van der Waals surface area contributed by atoms with Crippen LogP contribution < -0.4 is 15.5 Å². The van der Waals surface area contributed by atoms with Crippen molar-refractivity contribution >= 4 is 36.1 Å². The average molecular weight is 493 g/mol. The summed E-state index contributed by atoms with van der Waals surface area (Å²) in [6.07, 6.45) is 0.307. The Kier molecular flexibility index (Phi) is 5.26. The molecule has 0 saturated heterocycles. The van der Waals surface area contributed by atoms with Gasteiger partial charge in [-0.15, -0.1) is 0 Å². The zero-order chi connectivity index (χ0) is 25.3. The minimum Gasteiger partial charge on any atom is -0.460 e. The van der Waals surface area contributed by atoms with Gasteiger partial charge >= 0.3 is 11.9 Å². The van der Waals surface area contributed by atoms with Gasteiger partial charge in [-0.05, 0) is 35.4 Å². The zero-order valence-corrected chi connectivity index (χ0v) is 21.5. The number of benzene rings is 1. The van der Waals surface area contributed by atoms with Gasteiger partial charge in [-0.3, -0.25) is 14.4 Å². The van der Waals surface area contributed by atoms with Crippen molar-refractivity contribution in [2.75, 3.05) is 6.61 Å². The lowest BCUT2D eigenvalue weighted by Gasteiger charge is -2.34. The Morgan fingerprint density at radius 2 is 2.00 bits per heavy atom. The summed E-state index contributed by atoms with van der Waals surface area (Å²) in [5.41, 5.74) is 2.26. The van der Waals surface area contributed by atoms with Crippen molar-refractivity contribution in [2.24, 2.45) is 0 Å². The van der Waals surface area contributed by atoms with E-state index in [0.29, 0.717) is 41.2 Å². The highest BCUT2D eigenvalue weighted by Crippen LogP contribution is 2.40. The van der Waals surface area contributed by atoms with E-state index in [1.54, 1.807) is 11.5 Å². The van der Waals surface area contributed by atoms with E-state index in [1.807, 2.05) is 24.3 Å². The zero-order valence-electron chi connectivity index (χ0n) is 20.5. The van der Waals surface area contributed by atoms with Crippen LogP contribution in [0.15, 0.2) is 29.1 Å². The van der Waals surface area contributed by atoms with E-state index in [1.165, 1.54) is 6.92 Å². The van der Waals surface area contributed by atoms with Crippen LogP contribution >= 0.6 is 0 Å². The van der Waals surface area contributed by atoms with Gasteiger partial charge in [-0.25, -0.2) is 4.98 Å². The average Bonchev–Trinajstić information content (AvgIpc) is 3.15. The Hall–Kier alpha value is -3.30. The third-order valence-electron chi connectivity index (χ3n) is 7.18. The fourth-order valence-corrected chi connectivity index (χ4v) is 6.71. The summed E-state index contributed by atoms with van der Waals surface area (Å²) in [6, 6.07) is 7.57. The molecule has 0 aliphatic carbocycles. The quantitative estimate of drug-likeness (QED) is 0.265. The van der Waals surface area contributed by atoms with Gasteiger partial charge in [0.15, 0.2) is 0 Å². The highest BCUT2D eigenvalue weighted by atomic mass is 28.3. The molecule has 8 nitrogen and oxygen atoms in total. The number of pyridine rings is 2. The number of aliphatic hydroxyl groups is 1. The van der Waals surface area contributed by atoms with Crippen LogP contribution in [0.3, 0.4) is 0 Å². The monoisotopic (exact) mass is 492 g/mol. The normalized spacial score (nSPS) is 18.6. The Bertz CT molecular complexity index is 1480. The second-order valence-electron chi connectivity index (χ2n) is 10.3. The van der Waals surface area contributed by atoms with E-state index in [0.717, 1.165) is 21.7 Å². The van der Waals surface area contributed by atoms with Crippen LogP contribution in [0.5, 0.6) is 5.75 Å². The first-order chi connectivity index (χ1) is 16.5. The predicted octanol–water partition coefficient (Wildman–Crippen LogP) is 2.59. The van der Waals surface area contributed by atoms with Crippen LogP contribution in [-0.2, 0) is 32.9 Å². The molecule has 9 heteroatoms. The van der Waals surface area contributed by atoms with Crippen LogP contribution in [0.1, 0.15) is 37.0 Å². The molecule has 2 aliphatic rings. The fraction of sp³-hybridized carbons (Fsp3) is 0.385. The molecule has 5 rings (SSSR count). The smallest absolute Gasteiger partial charge is 0.319 e. The van der Waals surface area contributed by atoms with Crippen LogP contribution in [0.25, 0.3) is 22.3 Å². The molecule has 2 aromatic heterocycles. The van der Waals surface area contributed by atoms with Crippen LogP contribution in [0, 0.1) is 0 Å². The molecule has 3 aromatic rings. The summed E-state index contributed by atoms with van der Waals surface area (Å²) in [7, 11) is -1.83. The first kappa shape index (κ1) is 23.4. The first-order valence-electron chi connectivity index (χ1n) is 11.7. The van der Waals surface area contributed by atoms with Gasteiger partial charge in [0.2, 0.25) is 0 Å². The van der Waals surface area contributed by atoms with Gasteiger partial charge in [0.1, 0.15) is 17.8 Å². The number of esters is 2. The second-order valence-corrected chi connectivity index (χ2v) is 15.4. The molecule has 2 aliphatic heterocycles. The highest BCUT2D eigenvalue weighted by Gasteiger charge is 2.46. The molecule has 0 saturated carbocycles. The molecule has 0 bridgehead atoms. The number of ether oxygens (including phenoxy) is 2. The maximum absolute atomic E-state index is 13.5. The van der Waals surface area contributed by atoms with E-state index in [4.69, 9.17) is 14.5 Å². The van der Waals surface area contributed by atoms with E-state index >= 15 is 0 Å². The SMILES string of the molecule is CCC1(CO)C(=O)OCc2c1cc1n(c2=O)Cc2cc3c(OC(C)=O)ccc([Si](C)(C)C)c3nc2-1. The summed E-state index contributed by atoms with van der Waals surface area (Å²) < 4.78 is 12.5. The summed E-state index contributed by atoms with van der Waals surface area (Å²) in [6.45, 7) is 9.58. The summed E-state index contributed by atoms with van der Waals surface area (Å²) in [4.78, 5) is 43.0. The van der Waals surface area contributed by atoms with Crippen molar-refractivity contribution < 1.29 is 24.2 Å². The van der Waals surface area contributed by atoms with Crippen molar-refractivity contribution in [1.29, 1.82) is 0 Å². The molecule has 4 heterocycles. The highest BCUT2D eigenvalue weighted by molar-refractivity contribution is 6.90.